The number of aryl methyl sites for hydroxylation is 1. The highest BCUT2D eigenvalue weighted by molar-refractivity contribution is 9.10. The maximum Gasteiger partial charge on any atom is 0.138 e. The van der Waals surface area contributed by atoms with Crippen LogP contribution in [0.25, 0.3) is 0 Å². The fraction of sp³-hybridized carbons (Fsp3) is 0.333. The van der Waals surface area contributed by atoms with Crippen molar-refractivity contribution < 1.29 is 4.74 Å². The molecule has 6 heteroatoms. The van der Waals surface area contributed by atoms with E-state index in [0.29, 0.717) is 6.54 Å². The molecule has 0 atom stereocenters. The van der Waals surface area contributed by atoms with E-state index in [0.717, 1.165) is 33.2 Å². The van der Waals surface area contributed by atoms with Gasteiger partial charge < -0.3 is 10.1 Å². The zero-order valence-corrected chi connectivity index (χ0v) is 12.6. The van der Waals surface area contributed by atoms with Crippen molar-refractivity contribution in [3.8, 4) is 5.75 Å². The predicted molar refractivity (Wildman–Crippen MR) is 77.3 cm³/mol. The highest BCUT2D eigenvalue weighted by Gasteiger charge is 2.04. The lowest BCUT2D eigenvalue weighted by atomic mass is 10.4. The Labute approximate surface area is 119 Å². The lowest BCUT2D eigenvalue weighted by molar-refractivity contribution is 0.412. The zero-order chi connectivity index (χ0) is 13.0. The van der Waals surface area contributed by atoms with Crippen molar-refractivity contribution in [1.29, 1.82) is 0 Å². The van der Waals surface area contributed by atoms with E-state index in [-0.39, 0.29) is 0 Å². The molecule has 0 fully saturated rings. The van der Waals surface area contributed by atoms with E-state index in [4.69, 9.17) is 4.74 Å². The van der Waals surface area contributed by atoms with Crippen LogP contribution in [0, 0.1) is 0 Å². The van der Waals surface area contributed by atoms with Crippen LogP contribution >= 0.6 is 27.3 Å². The van der Waals surface area contributed by atoms with Crippen molar-refractivity contribution >= 4 is 33.1 Å². The van der Waals surface area contributed by atoms with Gasteiger partial charge >= 0.3 is 0 Å². The molecule has 2 rings (SSSR count). The van der Waals surface area contributed by atoms with Gasteiger partial charge in [0, 0.05) is 17.6 Å². The van der Waals surface area contributed by atoms with E-state index >= 15 is 0 Å². The second kappa shape index (κ2) is 6.15. The fourth-order valence-corrected chi connectivity index (χ4v) is 2.57. The summed E-state index contributed by atoms with van der Waals surface area (Å²) in [5, 5.41) is 6.46. The number of nitrogens with one attached hydrogen (secondary N) is 1. The van der Waals surface area contributed by atoms with Gasteiger partial charge in [0.15, 0.2) is 0 Å². The maximum absolute atomic E-state index is 5.22. The summed E-state index contributed by atoms with van der Waals surface area (Å²) in [4.78, 5) is 8.76. The zero-order valence-electron chi connectivity index (χ0n) is 10.2. The number of hydrogen-bond acceptors (Lipinski definition) is 5. The Morgan fingerprint density at radius 2 is 2.33 bits per heavy atom. The van der Waals surface area contributed by atoms with Gasteiger partial charge in [0.2, 0.25) is 0 Å². The van der Waals surface area contributed by atoms with Crippen LogP contribution in [0.4, 0.5) is 5.82 Å². The number of anilines is 1. The molecule has 2 heterocycles. The van der Waals surface area contributed by atoms with Gasteiger partial charge in [-0.15, -0.1) is 11.3 Å². The molecular weight excluding hydrogens is 314 g/mol. The van der Waals surface area contributed by atoms with Crippen molar-refractivity contribution in [2.45, 2.75) is 19.9 Å². The van der Waals surface area contributed by atoms with E-state index in [1.807, 2.05) is 6.07 Å². The van der Waals surface area contributed by atoms with Gasteiger partial charge in [0.1, 0.15) is 11.6 Å². The number of pyridine rings is 1. The summed E-state index contributed by atoms with van der Waals surface area (Å²) < 4.78 is 6.06. The minimum absolute atomic E-state index is 0.675. The first-order chi connectivity index (χ1) is 8.72. The van der Waals surface area contributed by atoms with Crippen LogP contribution in [0.3, 0.4) is 0 Å². The lowest BCUT2D eigenvalue weighted by Crippen LogP contribution is -2.02. The van der Waals surface area contributed by atoms with E-state index in [1.165, 1.54) is 0 Å². The molecule has 0 aliphatic carbocycles. The largest absolute Gasteiger partial charge is 0.495 e. The maximum atomic E-state index is 5.22. The van der Waals surface area contributed by atoms with Gasteiger partial charge in [0.25, 0.3) is 0 Å². The average molecular weight is 328 g/mol. The van der Waals surface area contributed by atoms with E-state index in [1.54, 1.807) is 24.6 Å². The fourth-order valence-electron chi connectivity index (χ4n) is 1.45. The molecule has 0 spiro atoms. The lowest BCUT2D eigenvalue weighted by Gasteiger charge is -2.07. The molecule has 0 bridgehead atoms. The van der Waals surface area contributed by atoms with E-state index < -0.39 is 0 Å². The predicted octanol–water partition coefficient (Wildman–Crippen LogP) is 3.48. The highest BCUT2D eigenvalue weighted by Crippen LogP contribution is 2.26. The van der Waals surface area contributed by atoms with Crippen LogP contribution < -0.4 is 10.1 Å². The quantitative estimate of drug-likeness (QED) is 0.913. The summed E-state index contributed by atoms with van der Waals surface area (Å²) in [6.07, 6.45) is 2.70. The number of nitrogens with zero attached hydrogens (tertiary/aromatic N) is 2. The Balaban J connectivity index is 2.01. The Kier molecular flexibility index (Phi) is 4.54. The first kappa shape index (κ1) is 13.3. The Bertz CT molecular complexity index is 530. The second-order valence-corrected chi connectivity index (χ2v) is 5.44. The number of rotatable bonds is 5. The normalized spacial score (nSPS) is 10.4. The summed E-state index contributed by atoms with van der Waals surface area (Å²) in [5.41, 5.74) is 1.04. The van der Waals surface area contributed by atoms with Crippen molar-refractivity contribution in [3.05, 3.63) is 32.8 Å². The highest BCUT2D eigenvalue weighted by atomic mass is 79.9. The molecule has 2 aromatic heterocycles. The third-order valence-corrected chi connectivity index (χ3v) is 4.03. The summed E-state index contributed by atoms with van der Waals surface area (Å²) in [6.45, 7) is 2.78. The average Bonchev–Trinajstić information content (AvgIpc) is 2.86. The number of thiazole rings is 1. The van der Waals surface area contributed by atoms with Crippen LogP contribution in [0.15, 0.2) is 22.1 Å². The molecule has 18 heavy (non-hydrogen) atoms. The summed E-state index contributed by atoms with van der Waals surface area (Å²) in [7, 11) is 1.64. The first-order valence-corrected chi connectivity index (χ1v) is 7.27. The molecule has 0 amide bonds. The molecule has 0 saturated carbocycles. The molecule has 0 unspecified atom stereocenters. The number of ether oxygens (including phenoxy) is 1. The standard InChI is InChI=1S/C12H14BrN3OS/c1-3-12-16-8(7-18-12)5-14-11-4-10(17-2)9(13)6-15-11/h4,6-7H,3,5H2,1-2H3,(H,14,15). The Morgan fingerprint density at radius 3 is 3.00 bits per heavy atom. The van der Waals surface area contributed by atoms with Crippen LogP contribution in [0.2, 0.25) is 0 Å². The van der Waals surface area contributed by atoms with Crippen LogP contribution in [-0.2, 0) is 13.0 Å². The monoisotopic (exact) mass is 327 g/mol. The van der Waals surface area contributed by atoms with Crippen LogP contribution in [-0.4, -0.2) is 17.1 Å². The number of halogens is 1. The molecule has 4 nitrogen and oxygen atoms in total. The van der Waals surface area contributed by atoms with E-state index in [2.05, 4.69) is 43.5 Å². The topological polar surface area (TPSA) is 47.0 Å². The summed E-state index contributed by atoms with van der Waals surface area (Å²) in [6, 6.07) is 1.86. The molecule has 1 N–H and O–H groups in total. The van der Waals surface area contributed by atoms with Gasteiger partial charge in [-0.25, -0.2) is 9.97 Å². The van der Waals surface area contributed by atoms with Gasteiger partial charge in [0.05, 0.1) is 28.8 Å². The third-order valence-electron chi connectivity index (χ3n) is 2.39. The van der Waals surface area contributed by atoms with Gasteiger partial charge in [-0.2, -0.15) is 0 Å². The third kappa shape index (κ3) is 3.20. The van der Waals surface area contributed by atoms with Gasteiger partial charge in [-0.3, -0.25) is 0 Å². The number of hydrogen-bond donors (Lipinski definition) is 1. The minimum atomic E-state index is 0.675. The number of aromatic nitrogens is 2. The Hall–Kier alpha value is -1.14. The molecule has 0 aliphatic rings. The molecule has 0 aromatic carbocycles. The van der Waals surface area contributed by atoms with Crippen molar-refractivity contribution in [3.63, 3.8) is 0 Å². The van der Waals surface area contributed by atoms with Crippen molar-refractivity contribution in [2.75, 3.05) is 12.4 Å². The summed E-state index contributed by atoms with van der Waals surface area (Å²) in [5.74, 6) is 1.54. The molecule has 0 aliphatic heterocycles. The van der Waals surface area contributed by atoms with Crippen molar-refractivity contribution in [1.82, 2.24) is 9.97 Å². The minimum Gasteiger partial charge on any atom is -0.495 e. The molecule has 0 saturated heterocycles. The number of methoxy groups -OCH3 is 1. The van der Waals surface area contributed by atoms with Gasteiger partial charge in [-0.1, -0.05) is 6.92 Å². The Morgan fingerprint density at radius 1 is 1.50 bits per heavy atom. The van der Waals surface area contributed by atoms with Crippen LogP contribution in [0.1, 0.15) is 17.6 Å². The molecule has 2 aromatic rings. The molecule has 96 valence electrons. The molecular formula is C12H14BrN3OS. The summed E-state index contributed by atoms with van der Waals surface area (Å²) >= 11 is 5.06. The first-order valence-electron chi connectivity index (χ1n) is 5.59. The smallest absolute Gasteiger partial charge is 0.138 e. The SMILES string of the molecule is CCc1nc(CNc2cc(OC)c(Br)cn2)cs1. The van der Waals surface area contributed by atoms with E-state index in [9.17, 15) is 0 Å². The van der Waals surface area contributed by atoms with Crippen LogP contribution in [0.5, 0.6) is 5.75 Å². The second-order valence-electron chi connectivity index (χ2n) is 3.64. The van der Waals surface area contributed by atoms with Gasteiger partial charge in [-0.05, 0) is 22.4 Å². The van der Waals surface area contributed by atoms with Crippen molar-refractivity contribution in [2.24, 2.45) is 0 Å². The molecule has 0 radical (unpaired) electrons.